The number of hydrogen-bond acceptors (Lipinski definition) is 5. The predicted octanol–water partition coefficient (Wildman–Crippen LogP) is 16.5. The van der Waals surface area contributed by atoms with Gasteiger partial charge in [-0.3, -0.25) is 9.59 Å². The lowest BCUT2D eigenvalue weighted by molar-refractivity contribution is -0.143. The van der Waals surface area contributed by atoms with E-state index in [1.165, 1.54) is 193 Å². The van der Waals surface area contributed by atoms with E-state index in [1.807, 2.05) is 6.08 Å². The van der Waals surface area contributed by atoms with Gasteiger partial charge >= 0.3 is 5.97 Å². The van der Waals surface area contributed by atoms with Crippen LogP contribution in [-0.4, -0.2) is 47.4 Å². The lowest BCUT2D eigenvalue weighted by Crippen LogP contribution is -2.45. The van der Waals surface area contributed by atoms with Gasteiger partial charge in [0.15, 0.2) is 0 Å². The molecular weight excluding hydrogens is 767 g/mol. The van der Waals surface area contributed by atoms with Crippen molar-refractivity contribution in [1.82, 2.24) is 5.32 Å². The monoisotopic (exact) mass is 872 g/mol. The molecule has 0 spiro atoms. The standard InChI is InChI=1S/C56H105NO5/c1-3-5-7-9-11-13-15-17-18-19-23-26-30-34-38-42-46-50-56(61)62-51-47-43-39-35-31-27-24-21-20-22-25-29-33-37-41-45-49-55(60)57-53(52-58)54(59)48-44-40-36-32-28-16-14-12-10-8-6-4-2/h17-18,20,22,44,48,53-54,58-59H,3-16,19,21,23-43,45-47,49-52H2,1-2H3,(H,57,60)/b18-17-,22-20-,48-44+. The summed E-state index contributed by atoms with van der Waals surface area (Å²) in [5.74, 6) is -0.0942. The molecule has 3 N–H and O–H groups in total. The van der Waals surface area contributed by atoms with Crippen molar-refractivity contribution in [2.75, 3.05) is 13.2 Å². The van der Waals surface area contributed by atoms with Crippen molar-refractivity contribution in [2.24, 2.45) is 0 Å². The van der Waals surface area contributed by atoms with Crippen LogP contribution in [0.5, 0.6) is 0 Å². The Morgan fingerprint density at radius 3 is 1.15 bits per heavy atom. The molecule has 364 valence electrons. The molecule has 0 radical (unpaired) electrons. The first kappa shape index (κ1) is 60.1. The van der Waals surface area contributed by atoms with Crippen LogP contribution in [0.3, 0.4) is 0 Å². The van der Waals surface area contributed by atoms with E-state index < -0.39 is 12.1 Å². The number of aliphatic hydroxyl groups excluding tert-OH is 2. The molecule has 1 amide bonds. The molecule has 0 aromatic heterocycles. The van der Waals surface area contributed by atoms with Gasteiger partial charge in [0.1, 0.15) is 0 Å². The van der Waals surface area contributed by atoms with Gasteiger partial charge in [-0.15, -0.1) is 0 Å². The quantitative estimate of drug-likeness (QED) is 0.0321. The number of nitrogens with one attached hydrogen (secondary N) is 1. The zero-order chi connectivity index (χ0) is 45.1. The first-order valence-electron chi connectivity index (χ1n) is 27.3. The second kappa shape index (κ2) is 51.7. The van der Waals surface area contributed by atoms with Crippen LogP contribution < -0.4 is 5.32 Å². The number of hydrogen-bond donors (Lipinski definition) is 3. The molecule has 0 aromatic rings. The molecular formula is C56H105NO5. The van der Waals surface area contributed by atoms with Gasteiger partial charge in [0.2, 0.25) is 5.91 Å². The van der Waals surface area contributed by atoms with Crippen molar-refractivity contribution in [3.63, 3.8) is 0 Å². The van der Waals surface area contributed by atoms with Crippen LogP contribution in [0, 0.1) is 0 Å². The molecule has 0 aliphatic rings. The zero-order valence-electron chi connectivity index (χ0n) is 41.4. The van der Waals surface area contributed by atoms with Gasteiger partial charge in [0.25, 0.3) is 0 Å². The Kier molecular flexibility index (Phi) is 50.1. The molecule has 0 fully saturated rings. The normalized spacial score (nSPS) is 12.9. The van der Waals surface area contributed by atoms with Gasteiger partial charge in [0.05, 0.1) is 25.4 Å². The number of carbonyl (C=O) groups is 2. The van der Waals surface area contributed by atoms with Crippen molar-refractivity contribution >= 4 is 11.9 Å². The summed E-state index contributed by atoms with van der Waals surface area (Å²) in [5, 5.41) is 23.0. The largest absolute Gasteiger partial charge is 0.466 e. The maximum atomic E-state index is 12.4. The molecule has 6 nitrogen and oxygen atoms in total. The van der Waals surface area contributed by atoms with Gasteiger partial charge in [-0.05, 0) is 83.5 Å². The first-order valence-corrected chi connectivity index (χ1v) is 27.3. The van der Waals surface area contributed by atoms with E-state index in [-0.39, 0.29) is 18.5 Å². The van der Waals surface area contributed by atoms with Crippen molar-refractivity contribution in [1.29, 1.82) is 0 Å². The summed E-state index contributed by atoms with van der Waals surface area (Å²) >= 11 is 0. The predicted molar refractivity (Wildman–Crippen MR) is 269 cm³/mol. The second-order valence-electron chi connectivity index (χ2n) is 18.5. The Bertz CT molecular complexity index is 1010. The molecule has 0 aliphatic carbocycles. The highest BCUT2D eigenvalue weighted by molar-refractivity contribution is 5.76. The van der Waals surface area contributed by atoms with E-state index in [1.54, 1.807) is 6.08 Å². The Hall–Kier alpha value is -1.92. The van der Waals surface area contributed by atoms with Crippen LogP contribution in [0.4, 0.5) is 0 Å². The smallest absolute Gasteiger partial charge is 0.305 e. The fraction of sp³-hybridized carbons (Fsp3) is 0.857. The minimum Gasteiger partial charge on any atom is -0.466 e. The zero-order valence-corrected chi connectivity index (χ0v) is 41.4. The van der Waals surface area contributed by atoms with Gasteiger partial charge in [-0.25, -0.2) is 0 Å². The van der Waals surface area contributed by atoms with Crippen LogP contribution in [0.15, 0.2) is 36.5 Å². The Labute approximate surface area is 385 Å². The summed E-state index contributed by atoms with van der Waals surface area (Å²) in [5.41, 5.74) is 0. The summed E-state index contributed by atoms with van der Waals surface area (Å²) in [7, 11) is 0. The minimum absolute atomic E-state index is 0.00775. The van der Waals surface area contributed by atoms with Crippen LogP contribution in [0.2, 0.25) is 0 Å². The highest BCUT2D eigenvalue weighted by atomic mass is 16.5. The Morgan fingerprint density at radius 1 is 0.435 bits per heavy atom. The Morgan fingerprint density at radius 2 is 0.758 bits per heavy atom. The summed E-state index contributed by atoms with van der Waals surface area (Å²) < 4.78 is 5.47. The first-order chi connectivity index (χ1) is 30.5. The molecule has 2 unspecified atom stereocenters. The van der Waals surface area contributed by atoms with Gasteiger partial charge in [0, 0.05) is 12.8 Å². The van der Waals surface area contributed by atoms with E-state index in [2.05, 4.69) is 43.5 Å². The van der Waals surface area contributed by atoms with Crippen LogP contribution in [0.1, 0.15) is 284 Å². The maximum Gasteiger partial charge on any atom is 0.305 e. The summed E-state index contributed by atoms with van der Waals surface area (Å²) in [4.78, 5) is 24.5. The number of unbranched alkanes of at least 4 members (excludes halogenated alkanes) is 35. The van der Waals surface area contributed by atoms with Gasteiger partial charge < -0.3 is 20.3 Å². The van der Waals surface area contributed by atoms with Crippen molar-refractivity contribution < 1.29 is 24.5 Å². The summed E-state index contributed by atoms with van der Waals surface area (Å²) in [6.07, 6.45) is 62.9. The molecule has 2 atom stereocenters. The highest BCUT2D eigenvalue weighted by Gasteiger charge is 2.18. The molecule has 6 heteroatoms. The average Bonchev–Trinajstić information content (AvgIpc) is 3.27. The van der Waals surface area contributed by atoms with E-state index >= 15 is 0 Å². The number of allylic oxidation sites excluding steroid dienone is 5. The third kappa shape index (κ3) is 47.6. The number of ether oxygens (including phenoxy) is 1. The van der Waals surface area contributed by atoms with Gasteiger partial charge in [-0.1, -0.05) is 224 Å². The van der Waals surface area contributed by atoms with E-state index in [4.69, 9.17) is 4.74 Å². The summed E-state index contributed by atoms with van der Waals surface area (Å²) in [6.45, 7) is 4.86. The van der Waals surface area contributed by atoms with E-state index in [9.17, 15) is 19.8 Å². The fourth-order valence-corrected chi connectivity index (χ4v) is 8.15. The Balaban J connectivity index is 3.48. The number of aliphatic hydroxyl groups is 2. The number of esters is 1. The highest BCUT2D eigenvalue weighted by Crippen LogP contribution is 2.15. The van der Waals surface area contributed by atoms with E-state index in [0.29, 0.717) is 19.4 Å². The van der Waals surface area contributed by atoms with Crippen LogP contribution in [0.25, 0.3) is 0 Å². The molecule has 0 saturated heterocycles. The topological polar surface area (TPSA) is 95.9 Å². The van der Waals surface area contributed by atoms with Crippen LogP contribution in [-0.2, 0) is 14.3 Å². The van der Waals surface area contributed by atoms with E-state index in [0.717, 1.165) is 64.2 Å². The molecule has 62 heavy (non-hydrogen) atoms. The number of amides is 1. The number of rotatable bonds is 50. The lowest BCUT2D eigenvalue weighted by Gasteiger charge is -2.20. The SMILES string of the molecule is CCCCCCCC/C=C\CCCCCCCCCC(=O)OCCCCCCCCC/C=C\CCCCCCCC(=O)NC(CO)C(O)/C=C/CCCCCCCCCCCC. The molecule has 0 aromatic carbocycles. The summed E-state index contributed by atoms with van der Waals surface area (Å²) in [6, 6.07) is -0.639. The molecule has 0 bridgehead atoms. The van der Waals surface area contributed by atoms with Crippen LogP contribution >= 0.6 is 0 Å². The number of carbonyl (C=O) groups excluding carboxylic acids is 2. The van der Waals surface area contributed by atoms with Crippen molar-refractivity contribution in [3.05, 3.63) is 36.5 Å². The average molecular weight is 872 g/mol. The third-order valence-corrected chi connectivity index (χ3v) is 12.4. The molecule has 0 saturated carbocycles. The third-order valence-electron chi connectivity index (χ3n) is 12.4. The maximum absolute atomic E-state index is 12.4. The van der Waals surface area contributed by atoms with Gasteiger partial charge in [-0.2, -0.15) is 0 Å². The fourth-order valence-electron chi connectivity index (χ4n) is 8.15. The van der Waals surface area contributed by atoms with Crippen molar-refractivity contribution in [3.8, 4) is 0 Å². The lowest BCUT2D eigenvalue weighted by atomic mass is 10.1. The molecule has 0 aliphatic heterocycles. The second-order valence-corrected chi connectivity index (χ2v) is 18.5. The molecule has 0 rings (SSSR count). The van der Waals surface area contributed by atoms with Crippen molar-refractivity contribution in [2.45, 2.75) is 296 Å². The minimum atomic E-state index is -0.854. The molecule has 0 heterocycles.